The summed E-state index contributed by atoms with van der Waals surface area (Å²) in [5.41, 5.74) is -0.0260. The second-order valence-corrected chi connectivity index (χ2v) is 7.01. The van der Waals surface area contributed by atoms with E-state index >= 15 is 0 Å². The van der Waals surface area contributed by atoms with E-state index in [4.69, 9.17) is 28.3 Å². The molecule has 1 aromatic rings. The largest absolute Gasteiger partial charge is 0.292 e. The van der Waals surface area contributed by atoms with Crippen molar-refractivity contribution in [3.05, 3.63) is 31.8 Å². The van der Waals surface area contributed by atoms with Crippen molar-refractivity contribution in [1.82, 2.24) is 0 Å². The second-order valence-electron chi connectivity index (χ2n) is 4.72. The standard InChI is InChI=1S/C11H12Cl2N2O4S/c12-8-5-7(6-3-1-2-4-6)10(15(16)17)9(13)11(8)20(14,18)19/h5-6H,1-4H2,(H2,14,18,19). The van der Waals surface area contributed by atoms with Crippen molar-refractivity contribution in [3.63, 3.8) is 0 Å². The zero-order chi connectivity index (χ0) is 15.1. The third-order valence-electron chi connectivity index (χ3n) is 3.44. The monoisotopic (exact) mass is 338 g/mol. The molecule has 1 saturated carbocycles. The van der Waals surface area contributed by atoms with Gasteiger partial charge in [-0.1, -0.05) is 36.0 Å². The molecule has 0 amide bonds. The SMILES string of the molecule is NS(=O)(=O)c1c(Cl)cc(C2CCCC2)c([N+](=O)[O-])c1Cl. The van der Waals surface area contributed by atoms with Gasteiger partial charge in [0.05, 0.1) is 9.95 Å². The third kappa shape index (κ3) is 2.76. The molecule has 0 spiro atoms. The van der Waals surface area contributed by atoms with E-state index in [2.05, 4.69) is 0 Å². The first-order valence-corrected chi connectivity index (χ1v) is 8.22. The van der Waals surface area contributed by atoms with E-state index in [0.717, 1.165) is 25.7 Å². The highest BCUT2D eigenvalue weighted by Gasteiger charge is 2.33. The van der Waals surface area contributed by atoms with Crippen LogP contribution in [-0.4, -0.2) is 13.3 Å². The normalized spacial score (nSPS) is 16.6. The minimum atomic E-state index is -4.23. The molecule has 110 valence electrons. The van der Waals surface area contributed by atoms with Crippen LogP contribution in [0, 0.1) is 10.1 Å². The van der Waals surface area contributed by atoms with E-state index in [1.54, 1.807) is 0 Å². The molecule has 0 aromatic heterocycles. The summed E-state index contributed by atoms with van der Waals surface area (Å²) in [5.74, 6) is -0.0278. The maximum Gasteiger partial charge on any atom is 0.292 e. The molecule has 0 bridgehead atoms. The minimum Gasteiger partial charge on any atom is -0.258 e. The van der Waals surface area contributed by atoms with E-state index in [1.165, 1.54) is 6.07 Å². The third-order valence-corrected chi connectivity index (χ3v) is 5.33. The zero-order valence-corrected chi connectivity index (χ0v) is 12.6. The number of hydrogen-bond acceptors (Lipinski definition) is 4. The van der Waals surface area contributed by atoms with Gasteiger partial charge in [-0.05, 0) is 24.8 Å². The van der Waals surface area contributed by atoms with E-state index in [1.807, 2.05) is 0 Å². The molecule has 0 unspecified atom stereocenters. The van der Waals surface area contributed by atoms with E-state index in [9.17, 15) is 18.5 Å². The van der Waals surface area contributed by atoms with E-state index in [-0.39, 0.29) is 10.9 Å². The summed E-state index contributed by atoms with van der Waals surface area (Å²) < 4.78 is 22.9. The van der Waals surface area contributed by atoms with Gasteiger partial charge in [0.1, 0.15) is 9.92 Å². The van der Waals surface area contributed by atoms with Gasteiger partial charge < -0.3 is 0 Å². The predicted molar refractivity (Wildman–Crippen MR) is 75.7 cm³/mol. The van der Waals surface area contributed by atoms with Crippen molar-refractivity contribution in [2.45, 2.75) is 36.5 Å². The molecule has 0 atom stereocenters. The van der Waals surface area contributed by atoms with Gasteiger partial charge in [0, 0.05) is 5.56 Å². The molecule has 2 N–H and O–H groups in total. The lowest BCUT2D eigenvalue weighted by atomic mass is 9.96. The Hall–Kier alpha value is -0.890. The van der Waals surface area contributed by atoms with Crippen LogP contribution in [0.3, 0.4) is 0 Å². The van der Waals surface area contributed by atoms with Crippen LogP contribution in [0.25, 0.3) is 0 Å². The van der Waals surface area contributed by atoms with Gasteiger partial charge in [0.25, 0.3) is 5.69 Å². The fourth-order valence-electron chi connectivity index (χ4n) is 2.60. The topological polar surface area (TPSA) is 103 Å². The number of hydrogen-bond donors (Lipinski definition) is 1. The van der Waals surface area contributed by atoms with Crippen LogP contribution in [0.2, 0.25) is 10.0 Å². The van der Waals surface area contributed by atoms with Gasteiger partial charge in [-0.15, -0.1) is 0 Å². The Balaban J connectivity index is 2.75. The number of nitro benzene ring substituents is 1. The summed E-state index contributed by atoms with van der Waals surface area (Å²) in [6, 6.07) is 1.31. The maximum absolute atomic E-state index is 11.5. The fourth-order valence-corrected chi connectivity index (χ4v) is 4.47. The Morgan fingerprint density at radius 3 is 2.30 bits per heavy atom. The molecule has 6 nitrogen and oxygen atoms in total. The molecule has 0 radical (unpaired) electrons. The smallest absolute Gasteiger partial charge is 0.258 e. The van der Waals surface area contributed by atoms with Crippen LogP contribution in [0.4, 0.5) is 5.69 Å². The first kappa shape index (κ1) is 15.5. The van der Waals surface area contributed by atoms with Gasteiger partial charge in [0.2, 0.25) is 10.0 Å². The minimum absolute atomic E-state index is 0.0278. The van der Waals surface area contributed by atoms with Crippen molar-refractivity contribution in [2.24, 2.45) is 5.14 Å². The first-order chi connectivity index (χ1) is 9.23. The van der Waals surface area contributed by atoms with Gasteiger partial charge in [-0.2, -0.15) is 0 Å². The van der Waals surface area contributed by atoms with E-state index < -0.39 is 30.6 Å². The lowest BCUT2D eigenvalue weighted by Crippen LogP contribution is -2.15. The van der Waals surface area contributed by atoms with Gasteiger partial charge in [-0.3, -0.25) is 10.1 Å². The number of nitro groups is 1. The summed E-state index contributed by atoms with van der Waals surface area (Å²) in [6.07, 6.45) is 3.52. The average Bonchev–Trinajstić information content (AvgIpc) is 2.78. The molecule has 1 aliphatic rings. The maximum atomic E-state index is 11.5. The van der Waals surface area contributed by atoms with Crippen LogP contribution in [-0.2, 0) is 10.0 Å². The van der Waals surface area contributed by atoms with Crippen LogP contribution in [0.15, 0.2) is 11.0 Å². The van der Waals surface area contributed by atoms with Gasteiger partial charge >= 0.3 is 0 Å². The molecule has 1 aliphatic carbocycles. The van der Waals surface area contributed by atoms with E-state index in [0.29, 0.717) is 5.56 Å². The first-order valence-electron chi connectivity index (χ1n) is 5.92. The van der Waals surface area contributed by atoms with Crippen LogP contribution in [0.5, 0.6) is 0 Å². The van der Waals surface area contributed by atoms with Gasteiger partial charge in [-0.25, -0.2) is 13.6 Å². The number of benzene rings is 1. The lowest BCUT2D eigenvalue weighted by molar-refractivity contribution is -0.385. The molecular formula is C11H12Cl2N2O4S. The van der Waals surface area contributed by atoms with Crippen LogP contribution in [0.1, 0.15) is 37.2 Å². The van der Waals surface area contributed by atoms with Crippen LogP contribution >= 0.6 is 23.2 Å². The second kappa shape index (κ2) is 5.48. The van der Waals surface area contributed by atoms with Crippen LogP contribution < -0.4 is 5.14 Å². The number of halogens is 2. The van der Waals surface area contributed by atoms with Crippen molar-refractivity contribution in [2.75, 3.05) is 0 Å². The molecule has 0 saturated heterocycles. The fraction of sp³-hybridized carbons (Fsp3) is 0.455. The average molecular weight is 339 g/mol. The molecule has 9 heteroatoms. The van der Waals surface area contributed by atoms with Gasteiger partial charge in [0.15, 0.2) is 0 Å². The lowest BCUT2D eigenvalue weighted by Gasteiger charge is -2.14. The molecule has 1 aromatic carbocycles. The molecule has 1 fully saturated rings. The summed E-state index contributed by atoms with van der Waals surface area (Å²) in [6.45, 7) is 0. The highest BCUT2D eigenvalue weighted by Crippen LogP contribution is 2.45. The molecule has 20 heavy (non-hydrogen) atoms. The number of nitrogens with two attached hydrogens (primary N) is 1. The zero-order valence-electron chi connectivity index (χ0n) is 10.3. The molecular weight excluding hydrogens is 327 g/mol. The number of sulfonamides is 1. The Bertz CT molecular complexity index is 669. The highest BCUT2D eigenvalue weighted by atomic mass is 35.5. The number of nitrogens with zero attached hydrogens (tertiary/aromatic N) is 1. The Kier molecular flexibility index (Phi) is 4.24. The highest BCUT2D eigenvalue weighted by molar-refractivity contribution is 7.89. The Morgan fingerprint density at radius 2 is 1.85 bits per heavy atom. The van der Waals surface area contributed by atoms with Crippen molar-refractivity contribution in [3.8, 4) is 0 Å². The summed E-state index contributed by atoms with van der Waals surface area (Å²) in [7, 11) is -4.23. The van der Waals surface area contributed by atoms with Crippen molar-refractivity contribution >= 4 is 38.9 Å². The van der Waals surface area contributed by atoms with Crippen molar-refractivity contribution in [1.29, 1.82) is 0 Å². The molecule has 0 aliphatic heterocycles. The summed E-state index contributed by atoms with van der Waals surface area (Å²) in [4.78, 5) is 9.96. The number of rotatable bonds is 3. The number of primary sulfonamides is 1. The molecule has 0 heterocycles. The Morgan fingerprint density at radius 1 is 1.30 bits per heavy atom. The molecule has 2 rings (SSSR count). The quantitative estimate of drug-likeness (QED) is 0.674. The summed E-state index contributed by atoms with van der Waals surface area (Å²) in [5, 5.41) is 15.6. The van der Waals surface area contributed by atoms with Crippen molar-refractivity contribution < 1.29 is 13.3 Å². The predicted octanol–water partition coefficient (Wildman–Crippen LogP) is 3.21. The summed E-state index contributed by atoms with van der Waals surface area (Å²) >= 11 is 11.8. The Labute approximate surface area is 126 Å².